The zero-order valence-corrected chi connectivity index (χ0v) is 28.5. The lowest BCUT2D eigenvalue weighted by molar-refractivity contribution is -0.130. The molecule has 0 aliphatic carbocycles. The number of ether oxygens (including phenoxy) is 1. The number of thioether (sulfide) groups is 1. The van der Waals surface area contributed by atoms with E-state index in [4.69, 9.17) is 9.84 Å². The first-order chi connectivity index (χ1) is 22.7. The summed E-state index contributed by atoms with van der Waals surface area (Å²) in [4.78, 5) is 27.6. The molecule has 2 aliphatic heterocycles. The number of thiophene rings is 1. The Kier molecular flexibility index (Phi) is 10.1. The Labute approximate surface area is 281 Å². The summed E-state index contributed by atoms with van der Waals surface area (Å²) in [6.07, 6.45) is 3.35. The summed E-state index contributed by atoms with van der Waals surface area (Å²) < 4.78 is 34.4. The Morgan fingerprint density at radius 2 is 1.77 bits per heavy atom. The molecule has 246 valence electrons. The number of benzene rings is 2. The number of hydrazone groups is 1. The molecule has 2 amide bonds. The molecule has 12 nitrogen and oxygen atoms in total. The number of nitrogens with zero attached hydrogens (tertiary/aromatic N) is 6. The van der Waals surface area contributed by atoms with Gasteiger partial charge < -0.3 is 14.6 Å². The Morgan fingerprint density at radius 1 is 1.02 bits per heavy atom. The van der Waals surface area contributed by atoms with Crippen molar-refractivity contribution in [2.45, 2.75) is 48.3 Å². The van der Waals surface area contributed by atoms with Gasteiger partial charge in [0.25, 0.3) is 11.8 Å². The Morgan fingerprint density at radius 3 is 2.45 bits per heavy atom. The van der Waals surface area contributed by atoms with Crippen molar-refractivity contribution in [2.24, 2.45) is 12.1 Å². The molecule has 15 heteroatoms. The maximum Gasteiger partial charge on any atom is 0.253 e. The van der Waals surface area contributed by atoms with Crippen LogP contribution in [0.3, 0.4) is 0 Å². The summed E-state index contributed by atoms with van der Waals surface area (Å²) >= 11 is 2.84. The predicted molar refractivity (Wildman–Crippen MR) is 180 cm³/mol. The van der Waals surface area contributed by atoms with Gasteiger partial charge in [-0.3, -0.25) is 9.59 Å². The zero-order chi connectivity index (χ0) is 33.0. The SMILES string of the molecule is COc1ccc(C2CC(c3cccs3)=NN2C(=O)CSc2nnc(CNC(=O)c3ccc(S(=O)(=O)N4CCCCC4)cc3)n2C)cc1. The molecule has 4 aromatic rings. The van der Waals surface area contributed by atoms with E-state index < -0.39 is 10.0 Å². The number of sulfonamides is 1. The second-order valence-corrected chi connectivity index (χ2v) is 15.0. The third-order valence-corrected chi connectivity index (χ3v) is 12.0. The van der Waals surface area contributed by atoms with Crippen LogP contribution < -0.4 is 10.1 Å². The van der Waals surface area contributed by atoms with Crippen molar-refractivity contribution >= 4 is 50.6 Å². The second-order valence-electron chi connectivity index (χ2n) is 11.2. The minimum absolute atomic E-state index is 0.0961. The number of carbonyl (C=O) groups excluding carboxylic acids is 2. The van der Waals surface area contributed by atoms with Gasteiger partial charge in [-0.25, -0.2) is 13.4 Å². The molecular formula is C32H35N7O5S3. The molecule has 0 spiro atoms. The predicted octanol–water partition coefficient (Wildman–Crippen LogP) is 4.46. The van der Waals surface area contributed by atoms with Crippen LogP contribution in [0.2, 0.25) is 0 Å². The molecule has 1 fully saturated rings. The summed E-state index contributed by atoms with van der Waals surface area (Å²) in [5.41, 5.74) is 2.17. The number of carbonyl (C=O) groups is 2. The monoisotopic (exact) mass is 693 g/mol. The first kappa shape index (κ1) is 32.9. The van der Waals surface area contributed by atoms with Crippen molar-refractivity contribution < 1.29 is 22.7 Å². The third kappa shape index (κ3) is 7.27. The van der Waals surface area contributed by atoms with Crippen LogP contribution in [0, 0.1) is 0 Å². The largest absolute Gasteiger partial charge is 0.497 e. The fraction of sp³-hybridized carbons (Fsp3) is 0.344. The highest BCUT2D eigenvalue weighted by molar-refractivity contribution is 7.99. The van der Waals surface area contributed by atoms with Crippen LogP contribution in [0.25, 0.3) is 0 Å². The van der Waals surface area contributed by atoms with Gasteiger partial charge in [0, 0.05) is 32.1 Å². The molecule has 2 aromatic heterocycles. The molecular weight excluding hydrogens is 659 g/mol. The van der Waals surface area contributed by atoms with Crippen LogP contribution in [0.15, 0.2) is 81.2 Å². The zero-order valence-electron chi connectivity index (χ0n) is 26.0. The van der Waals surface area contributed by atoms with Crippen LogP contribution in [0.4, 0.5) is 0 Å². The molecule has 0 saturated carbocycles. The molecule has 0 bridgehead atoms. The standard InChI is InChI=1S/C32H35N7O5S3/c1-37-29(20-33-31(41)23-10-14-25(15-11-23)47(42,43)38-16-4-3-5-17-38)34-35-32(37)46-21-30(40)39-27(22-8-12-24(44-2)13-9-22)19-26(36-39)28-7-6-18-45-28/h6-15,18,27H,3-5,16-17,19-21H2,1-2H3,(H,33,41). The van der Waals surface area contributed by atoms with Crippen molar-refractivity contribution in [2.75, 3.05) is 26.0 Å². The molecule has 1 atom stereocenters. The minimum atomic E-state index is -3.57. The number of rotatable bonds is 11. The quantitative estimate of drug-likeness (QED) is 0.227. The molecule has 1 unspecified atom stereocenters. The first-order valence-corrected chi connectivity index (χ1v) is 18.5. The van der Waals surface area contributed by atoms with Crippen molar-refractivity contribution in [3.05, 3.63) is 87.9 Å². The maximum absolute atomic E-state index is 13.5. The summed E-state index contributed by atoms with van der Waals surface area (Å²) in [6, 6.07) is 17.4. The molecule has 1 N–H and O–H groups in total. The van der Waals surface area contributed by atoms with Gasteiger partial charge in [0.1, 0.15) is 5.75 Å². The molecule has 4 heterocycles. The number of nitrogens with one attached hydrogen (secondary N) is 1. The van der Waals surface area contributed by atoms with E-state index in [2.05, 4.69) is 15.5 Å². The average molecular weight is 694 g/mol. The molecule has 1 saturated heterocycles. The smallest absolute Gasteiger partial charge is 0.253 e. The Balaban J connectivity index is 1.06. The van der Waals surface area contributed by atoms with Gasteiger partial charge in [-0.1, -0.05) is 36.4 Å². The minimum Gasteiger partial charge on any atom is -0.497 e. The number of hydrogen-bond donors (Lipinski definition) is 1. The van der Waals surface area contributed by atoms with Gasteiger partial charge in [-0.05, 0) is 66.2 Å². The number of methoxy groups -OCH3 is 1. The van der Waals surface area contributed by atoms with E-state index in [0.717, 1.165) is 41.2 Å². The third-order valence-electron chi connectivity index (χ3n) is 8.20. The Hall–Kier alpha value is -4.05. The van der Waals surface area contributed by atoms with Gasteiger partial charge in [0.05, 0.1) is 40.9 Å². The Bertz CT molecular complexity index is 1850. The molecule has 6 rings (SSSR count). The topological polar surface area (TPSA) is 139 Å². The van der Waals surface area contributed by atoms with Crippen LogP contribution >= 0.6 is 23.1 Å². The van der Waals surface area contributed by atoms with Gasteiger partial charge in [0.2, 0.25) is 10.0 Å². The van der Waals surface area contributed by atoms with Crippen LogP contribution in [0.1, 0.15) is 58.3 Å². The maximum atomic E-state index is 13.5. The highest BCUT2D eigenvalue weighted by atomic mass is 32.2. The van der Waals surface area contributed by atoms with Gasteiger partial charge in [-0.15, -0.1) is 21.5 Å². The lowest BCUT2D eigenvalue weighted by Crippen LogP contribution is -2.35. The van der Waals surface area contributed by atoms with E-state index in [1.54, 1.807) is 35.1 Å². The first-order valence-electron chi connectivity index (χ1n) is 15.2. The molecule has 47 heavy (non-hydrogen) atoms. The van der Waals surface area contributed by atoms with Crippen LogP contribution in [-0.2, 0) is 28.4 Å². The van der Waals surface area contributed by atoms with Crippen molar-refractivity contribution in [3.8, 4) is 5.75 Å². The highest BCUT2D eigenvalue weighted by Crippen LogP contribution is 2.35. The van der Waals surface area contributed by atoms with E-state index in [9.17, 15) is 18.0 Å². The van der Waals surface area contributed by atoms with Crippen molar-refractivity contribution in [1.82, 2.24) is 29.4 Å². The van der Waals surface area contributed by atoms with E-state index in [-0.39, 0.29) is 35.0 Å². The summed E-state index contributed by atoms with van der Waals surface area (Å²) in [7, 11) is -0.180. The second kappa shape index (κ2) is 14.4. The molecule has 2 aromatic carbocycles. The van der Waals surface area contributed by atoms with Crippen molar-refractivity contribution in [3.63, 3.8) is 0 Å². The van der Waals surface area contributed by atoms with E-state index >= 15 is 0 Å². The normalized spacial score (nSPS) is 17.0. The fourth-order valence-electron chi connectivity index (χ4n) is 5.53. The van der Waals surface area contributed by atoms with Crippen LogP contribution in [0.5, 0.6) is 5.75 Å². The number of amides is 2. The lowest BCUT2D eigenvalue weighted by atomic mass is 10.0. The highest BCUT2D eigenvalue weighted by Gasteiger charge is 2.34. The lowest BCUT2D eigenvalue weighted by Gasteiger charge is -2.25. The summed E-state index contributed by atoms with van der Waals surface area (Å²) in [5.74, 6) is 0.820. The number of hydrogen-bond acceptors (Lipinski definition) is 10. The summed E-state index contributed by atoms with van der Waals surface area (Å²) in [6.45, 7) is 1.14. The van der Waals surface area contributed by atoms with Gasteiger partial charge in [0.15, 0.2) is 11.0 Å². The van der Waals surface area contributed by atoms with E-state index in [1.165, 1.54) is 40.3 Å². The van der Waals surface area contributed by atoms with Crippen LogP contribution in [-0.4, -0.2) is 76.0 Å². The molecule has 2 aliphatic rings. The van der Waals surface area contributed by atoms with Gasteiger partial charge >= 0.3 is 0 Å². The number of piperidine rings is 1. The van der Waals surface area contributed by atoms with Crippen molar-refractivity contribution in [1.29, 1.82) is 0 Å². The summed E-state index contributed by atoms with van der Waals surface area (Å²) in [5, 5.41) is 20.1. The molecule has 0 radical (unpaired) electrons. The van der Waals surface area contributed by atoms with E-state index in [0.29, 0.717) is 36.1 Å². The fourth-order valence-corrected chi connectivity index (χ4v) is 8.55. The number of aromatic nitrogens is 3. The van der Waals surface area contributed by atoms with Gasteiger partial charge in [-0.2, -0.15) is 9.41 Å². The average Bonchev–Trinajstić information content (AvgIpc) is 3.87. The van der Waals surface area contributed by atoms with E-state index in [1.807, 2.05) is 41.8 Å².